The van der Waals surface area contributed by atoms with Gasteiger partial charge in [0.15, 0.2) is 0 Å². The van der Waals surface area contributed by atoms with Gasteiger partial charge in [-0.3, -0.25) is 9.52 Å². The molecule has 5 nitrogen and oxygen atoms in total. The van der Waals surface area contributed by atoms with Crippen LogP contribution in [0.3, 0.4) is 0 Å². The maximum Gasteiger partial charge on any atom is 0.261 e. The molecule has 156 valence electrons. The molecule has 3 rings (SSSR count). The summed E-state index contributed by atoms with van der Waals surface area (Å²) in [5.41, 5.74) is 2.74. The predicted molar refractivity (Wildman–Crippen MR) is 120 cm³/mol. The number of sulfonamides is 1. The second-order valence-corrected chi connectivity index (χ2v) is 9.05. The fourth-order valence-electron chi connectivity index (χ4n) is 3.00. The summed E-state index contributed by atoms with van der Waals surface area (Å²) in [6.45, 7) is 4.01. The van der Waals surface area contributed by atoms with E-state index in [0.29, 0.717) is 5.56 Å². The largest absolute Gasteiger partial charge is 0.345 e. The standard InChI is InChI=1S/C23H23ClN2O3S/c1-3-21(17-11-9-16(2)10-12-17)25-23(27)18-13-14-22(20(24)15-18)26-30(28,29)19-7-5-4-6-8-19/h4-15,21,26H,3H2,1-2H3,(H,25,27). The molecule has 0 aliphatic rings. The van der Waals surface area contributed by atoms with Gasteiger partial charge in [0.2, 0.25) is 0 Å². The van der Waals surface area contributed by atoms with E-state index in [1.54, 1.807) is 24.3 Å². The van der Waals surface area contributed by atoms with Crippen LogP contribution >= 0.6 is 11.6 Å². The number of hydrogen-bond acceptors (Lipinski definition) is 3. The number of amides is 1. The Kier molecular flexibility index (Phi) is 6.80. The number of nitrogens with one attached hydrogen (secondary N) is 2. The summed E-state index contributed by atoms with van der Waals surface area (Å²) in [6.07, 6.45) is 0.734. The highest BCUT2D eigenvalue weighted by Crippen LogP contribution is 2.26. The molecule has 30 heavy (non-hydrogen) atoms. The van der Waals surface area contributed by atoms with Crippen LogP contribution < -0.4 is 10.0 Å². The number of carbonyl (C=O) groups excluding carboxylic acids is 1. The van der Waals surface area contributed by atoms with Crippen molar-refractivity contribution in [3.63, 3.8) is 0 Å². The fraction of sp³-hybridized carbons (Fsp3) is 0.174. The van der Waals surface area contributed by atoms with Gasteiger partial charge in [-0.05, 0) is 49.2 Å². The van der Waals surface area contributed by atoms with Gasteiger partial charge in [-0.25, -0.2) is 8.42 Å². The SMILES string of the molecule is CCC(NC(=O)c1ccc(NS(=O)(=O)c2ccccc2)c(Cl)c1)c1ccc(C)cc1. The van der Waals surface area contributed by atoms with Gasteiger partial charge in [0.05, 0.1) is 21.6 Å². The summed E-state index contributed by atoms with van der Waals surface area (Å²) in [6, 6.07) is 20.4. The van der Waals surface area contributed by atoms with Crippen LogP contribution in [0.5, 0.6) is 0 Å². The van der Waals surface area contributed by atoms with Gasteiger partial charge in [-0.1, -0.05) is 66.6 Å². The number of hydrogen-bond donors (Lipinski definition) is 2. The van der Waals surface area contributed by atoms with Crippen molar-refractivity contribution in [1.29, 1.82) is 0 Å². The molecule has 0 bridgehead atoms. The molecule has 0 heterocycles. The number of rotatable bonds is 7. The summed E-state index contributed by atoms with van der Waals surface area (Å²) in [5.74, 6) is -0.276. The molecule has 7 heteroatoms. The normalized spacial score (nSPS) is 12.2. The number of halogens is 1. The van der Waals surface area contributed by atoms with Crippen LogP contribution in [-0.4, -0.2) is 14.3 Å². The highest BCUT2D eigenvalue weighted by molar-refractivity contribution is 7.92. The summed E-state index contributed by atoms with van der Waals surface area (Å²) in [4.78, 5) is 12.8. The Hall–Kier alpha value is -2.83. The van der Waals surface area contributed by atoms with Gasteiger partial charge < -0.3 is 5.32 Å². The van der Waals surface area contributed by atoms with Crippen molar-refractivity contribution in [1.82, 2.24) is 5.32 Å². The van der Waals surface area contributed by atoms with Crippen molar-refractivity contribution in [3.05, 3.63) is 94.5 Å². The number of aryl methyl sites for hydroxylation is 1. The minimum Gasteiger partial charge on any atom is -0.345 e. The van der Waals surface area contributed by atoms with Crippen LogP contribution in [0.4, 0.5) is 5.69 Å². The van der Waals surface area contributed by atoms with Crippen LogP contribution in [0.25, 0.3) is 0 Å². The lowest BCUT2D eigenvalue weighted by molar-refractivity contribution is 0.0935. The lowest BCUT2D eigenvalue weighted by Gasteiger charge is -2.18. The van der Waals surface area contributed by atoms with E-state index in [1.807, 2.05) is 38.1 Å². The smallest absolute Gasteiger partial charge is 0.261 e. The van der Waals surface area contributed by atoms with E-state index in [1.165, 1.54) is 24.3 Å². The van der Waals surface area contributed by atoms with Gasteiger partial charge in [0.1, 0.15) is 0 Å². The Labute approximate surface area is 182 Å². The van der Waals surface area contributed by atoms with Gasteiger partial charge in [0, 0.05) is 5.56 Å². The van der Waals surface area contributed by atoms with E-state index in [9.17, 15) is 13.2 Å². The molecule has 0 fully saturated rings. The average Bonchev–Trinajstić information content (AvgIpc) is 2.74. The molecule has 2 N–H and O–H groups in total. The quantitative estimate of drug-likeness (QED) is 0.519. The van der Waals surface area contributed by atoms with Crippen molar-refractivity contribution >= 4 is 33.2 Å². The lowest BCUT2D eigenvalue weighted by atomic mass is 10.0. The lowest BCUT2D eigenvalue weighted by Crippen LogP contribution is -2.28. The van der Waals surface area contributed by atoms with E-state index < -0.39 is 10.0 Å². The summed E-state index contributed by atoms with van der Waals surface area (Å²) < 4.78 is 27.4. The maximum atomic E-state index is 12.7. The fourth-order valence-corrected chi connectivity index (χ4v) is 4.39. The zero-order valence-corrected chi connectivity index (χ0v) is 18.3. The topological polar surface area (TPSA) is 75.3 Å². The van der Waals surface area contributed by atoms with Crippen LogP contribution in [0, 0.1) is 6.92 Å². The maximum absolute atomic E-state index is 12.7. The molecular weight excluding hydrogens is 420 g/mol. The Balaban J connectivity index is 1.75. The third-order valence-electron chi connectivity index (χ3n) is 4.72. The number of carbonyl (C=O) groups is 1. The third-order valence-corrected chi connectivity index (χ3v) is 6.42. The zero-order valence-electron chi connectivity index (χ0n) is 16.7. The van der Waals surface area contributed by atoms with Crippen LogP contribution in [-0.2, 0) is 10.0 Å². The third kappa shape index (κ3) is 5.20. The highest BCUT2D eigenvalue weighted by Gasteiger charge is 2.18. The second-order valence-electron chi connectivity index (χ2n) is 6.96. The minimum absolute atomic E-state index is 0.131. The second kappa shape index (κ2) is 9.32. The molecule has 1 unspecified atom stereocenters. The summed E-state index contributed by atoms with van der Waals surface area (Å²) in [7, 11) is -3.77. The van der Waals surface area contributed by atoms with Crippen molar-refractivity contribution in [3.8, 4) is 0 Å². The number of anilines is 1. The van der Waals surface area contributed by atoms with Crippen molar-refractivity contribution in [2.75, 3.05) is 4.72 Å². The molecule has 0 saturated heterocycles. The van der Waals surface area contributed by atoms with Crippen LogP contribution in [0.2, 0.25) is 5.02 Å². The van der Waals surface area contributed by atoms with Crippen molar-refractivity contribution < 1.29 is 13.2 Å². The number of benzene rings is 3. The Morgan fingerprint density at radius 3 is 2.27 bits per heavy atom. The minimum atomic E-state index is -3.77. The monoisotopic (exact) mass is 442 g/mol. The van der Waals surface area contributed by atoms with Crippen molar-refractivity contribution in [2.45, 2.75) is 31.2 Å². The molecule has 0 radical (unpaired) electrons. The highest BCUT2D eigenvalue weighted by atomic mass is 35.5. The molecule has 0 aliphatic carbocycles. The summed E-state index contributed by atoms with van der Waals surface area (Å²) in [5, 5.41) is 3.15. The Morgan fingerprint density at radius 1 is 1.00 bits per heavy atom. The molecule has 0 aromatic heterocycles. The van der Waals surface area contributed by atoms with Gasteiger partial charge >= 0.3 is 0 Å². The summed E-state index contributed by atoms with van der Waals surface area (Å²) >= 11 is 6.26. The Bertz CT molecular complexity index is 1130. The molecule has 3 aromatic carbocycles. The van der Waals surface area contributed by atoms with Gasteiger partial charge in [0.25, 0.3) is 15.9 Å². The van der Waals surface area contributed by atoms with Crippen molar-refractivity contribution in [2.24, 2.45) is 0 Å². The van der Waals surface area contributed by atoms with E-state index in [-0.39, 0.29) is 27.6 Å². The molecule has 0 saturated carbocycles. The first-order valence-corrected chi connectivity index (χ1v) is 11.4. The van der Waals surface area contributed by atoms with Gasteiger partial charge in [-0.2, -0.15) is 0 Å². The molecule has 1 amide bonds. The molecule has 0 spiro atoms. The van der Waals surface area contributed by atoms with E-state index in [0.717, 1.165) is 17.5 Å². The molecule has 1 atom stereocenters. The van der Waals surface area contributed by atoms with E-state index in [4.69, 9.17) is 11.6 Å². The van der Waals surface area contributed by atoms with Gasteiger partial charge in [-0.15, -0.1) is 0 Å². The first-order chi connectivity index (χ1) is 14.3. The van der Waals surface area contributed by atoms with E-state index >= 15 is 0 Å². The molecular formula is C23H23ClN2O3S. The predicted octanol–water partition coefficient (Wildman–Crippen LogP) is 5.33. The molecule has 3 aromatic rings. The first kappa shape index (κ1) is 21.9. The average molecular weight is 443 g/mol. The first-order valence-electron chi connectivity index (χ1n) is 9.55. The van der Waals surface area contributed by atoms with Crippen LogP contribution in [0.1, 0.15) is 40.9 Å². The van der Waals surface area contributed by atoms with Crippen LogP contribution in [0.15, 0.2) is 77.7 Å². The van der Waals surface area contributed by atoms with E-state index in [2.05, 4.69) is 10.0 Å². The molecule has 0 aliphatic heterocycles. The zero-order chi connectivity index (χ0) is 21.7. The Morgan fingerprint density at radius 2 is 1.67 bits per heavy atom.